The average Bonchev–Trinajstić information content (AvgIpc) is 2.74. The molecule has 0 aliphatic carbocycles. The number of halogens is 1. The molecule has 0 atom stereocenters. The third kappa shape index (κ3) is 2.72. The summed E-state index contributed by atoms with van der Waals surface area (Å²) in [5.74, 6) is 0.00453. The second-order valence-corrected chi connectivity index (χ2v) is 4.68. The van der Waals surface area contributed by atoms with Gasteiger partial charge in [-0.25, -0.2) is 9.78 Å². The minimum atomic E-state index is -0.492. The monoisotopic (exact) mass is 284 g/mol. The van der Waals surface area contributed by atoms with E-state index < -0.39 is 5.97 Å². The van der Waals surface area contributed by atoms with Crippen molar-refractivity contribution in [3.05, 3.63) is 35.0 Å². The summed E-state index contributed by atoms with van der Waals surface area (Å²) in [5.41, 5.74) is 5.77. The second kappa shape index (κ2) is 5.24. The molecular formula is C11H9ClN2O3S. The molecule has 1 heterocycles. The molecule has 0 aliphatic heterocycles. The van der Waals surface area contributed by atoms with Crippen LogP contribution < -0.4 is 10.5 Å². The number of hydrogen-bond acceptors (Lipinski definition) is 6. The van der Waals surface area contributed by atoms with Gasteiger partial charge in [0.2, 0.25) is 5.06 Å². The Morgan fingerprint density at radius 2 is 2.28 bits per heavy atom. The minimum absolute atomic E-state index is 0.261. The number of ether oxygens (including phenoxy) is 2. The lowest BCUT2D eigenvalue weighted by Crippen LogP contribution is -2.01. The Morgan fingerprint density at radius 1 is 1.50 bits per heavy atom. The molecule has 0 amide bonds. The van der Waals surface area contributed by atoms with E-state index in [0.717, 1.165) is 0 Å². The molecule has 0 aliphatic rings. The zero-order chi connectivity index (χ0) is 13.1. The molecule has 2 rings (SSSR count). The van der Waals surface area contributed by atoms with Crippen LogP contribution in [0.4, 0.5) is 5.13 Å². The van der Waals surface area contributed by atoms with Gasteiger partial charge in [0.1, 0.15) is 5.75 Å². The summed E-state index contributed by atoms with van der Waals surface area (Å²) in [6.45, 7) is 0. The van der Waals surface area contributed by atoms with Gasteiger partial charge in [-0.3, -0.25) is 0 Å². The van der Waals surface area contributed by atoms with Crippen LogP contribution in [0.2, 0.25) is 5.02 Å². The summed E-state index contributed by atoms with van der Waals surface area (Å²) in [6, 6.07) is 4.69. The normalized spacial score (nSPS) is 10.1. The summed E-state index contributed by atoms with van der Waals surface area (Å²) in [6.07, 6.45) is 1.52. The van der Waals surface area contributed by atoms with E-state index in [0.29, 0.717) is 15.9 Å². The van der Waals surface area contributed by atoms with Crippen LogP contribution in [0.3, 0.4) is 0 Å². The first kappa shape index (κ1) is 12.7. The number of methoxy groups -OCH3 is 1. The number of carbonyl (C=O) groups excluding carboxylic acids is 1. The molecule has 2 aromatic rings. The third-order valence-corrected chi connectivity index (χ3v) is 3.08. The van der Waals surface area contributed by atoms with Gasteiger partial charge < -0.3 is 15.2 Å². The second-order valence-electron chi connectivity index (χ2n) is 3.25. The van der Waals surface area contributed by atoms with Crippen molar-refractivity contribution in [3.8, 4) is 10.8 Å². The third-order valence-electron chi connectivity index (χ3n) is 2.07. The summed E-state index contributed by atoms with van der Waals surface area (Å²) in [7, 11) is 1.29. The van der Waals surface area contributed by atoms with E-state index in [1.807, 2.05) is 0 Å². The van der Waals surface area contributed by atoms with Gasteiger partial charge in [-0.05, 0) is 12.1 Å². The number of aromatic nitrogens is 1. The van der Waals surface area contributed by atoms with Crippen molar-refractivity contribution in [1.29, 1.82) is 0 Å². The van der Waals surface area contributed by atoms with E-state index in [1.165, 1.54) is 36.8 Å². The number of anilines is 1. The molecule has 0 unspecified atom stereocenters. The summed E-state index contributed by atoms with van der Waals surface area (Å²) < 4.78 is 10.1. The molecule has 0 radical (unpaired) electrons. The van der Waals surface area contributed by atoms with Gasteiger partial charge in [-0.15, -0.1) is 0 Å². The van der Waals surface area contributed by atoms with E-state index in [2.05, 4.69) is 9.72 Å². The molecule has 0 bridgehead atoms. The number of carbonyl (C=O) groups is 1. The molecule has 1 aromatic carbocycles. The maximum atomic E-state index is 11.3. The van der Waals surface area contributed by atoms with Crippen molar-refractivity contribution < 1.29 is 14.3 Å². The predicted molar refractivity (Wildman–Crippen MR) is 69.4 cm³/mol. The molecule has 0 saturated heterocycles. The highest BCUT2D eigenvalue weighted by Gasteiger charge is 2.12. The molecule has 0 saturated carbocycles. The van der Waals surface area contributed by atoms with Crippen LogP contribution >= 0.6 is 22.9 Å². The first-order valence-corrected chi connectivity index (χ1v) is 6.06. The fourth-order valence-electron chi connectivity index (χ4n) is 1.27. The van der Waals surface area contributed by atoms with E-state index >= 15 is 0 Å². The van der Waals surface area contributed by atoms with Crippen LogP contribution in [0.15, 0.2) is 24.4 Å². The number of thiazole rings is 1. The van der Waals surface area contributed by atoms with Crippen molar-refractivity contribution in [1.82, 2.24) is 4.98 Å². The number of nitrogens with two attached hydrogens (primary N) is 1. The fraction of sp³-hybridized carbons (Fsp3) is 0.0909. The smallest absolute Gasteiger partial charge is 0.339 e. The number of hydrogen-bond donors (Lipinski definition) is 1. The first-order chi connectivity index (χ1) is 8.60. The Morgan fingerprint density at radius 3 is 2.83 bits per heavy atom. The number of esters is 1. The van der Waals surface area contributed by atoms with E-state index in [1.54, 1.807) is 6.07 Å². The number of nitrogens with zero attached hydrogens (tertiary/aromatic N) is 1. The van der Waals surface area contributed by atoms with Crippen LogP contribution in [0, 0.1) is 0 Å². The zero-order valence-electron chi connectivity index (χ0n) is 9.34. The lowest BCUT2D eigenvalue weighted by Gasteiger charge is -2.05. The van der Waals surface area contributed by atoms with Crippen molar-refractivity contribution >= 4 is 34.0 Å². The molecule has 7 heteroatoms. The highest BCUT2D eigenvalue weighted by molar-refractivity contribution is 7.17. The highest BCUT2D eigenvalue weighted by atomic mass is 35.5. The van der Waals surface area contributed by atoms with Crippen LogP contribution in [-0.2, 0) is 4.74 Å². The average molecular weight is 285 g/mol. The van der Waals surface area contributed by atoms with Gasteiger partial charge in [0.25, 0.3) is 0 Å². The number of rotatable bonds is 3. The van der Waals surface area contributed by atoms with Gasteiger partial charge in [-0.1, -0.05) is 22.9 Å². The Labute approximate surface area is 112 Å². The van der Waals surface area contributed by atoms with Crippen LogP contribution in [0.25, 0.3) is 0 Å². The van der Waals surface area contributed by atoms with Crippen molar-refractivity contribution in [2.75, 3.05) is 12.8 Å². The van der Waals surface area contributed by atoms with Gasteiger partial charge in [0, 0.05) is 6.07 Å². The first-order valence-electron chi connectivity index (χ1n) is 4.87. The SMILES string of the molecule is COC(=O)c1ccc(Oc2cnc(N)s2)cc1Cl. The maximum Gasteiger partial charge on any atom is 0.339 e. The summed E-state index contributed by atoms with van der Waals surface area (Å²) >= 11 is 7.17. The van der Waals surface area contributed by atoms with Crippen molar-refractivity contribution in [2.45, 2.75) is 0 Å². The molecule has 2 N–H and O–H groups in total. The molecule has 5 nitrogen and oxygen atoms in total. The lowest BCUT2D eigenvalue weighted by atomic mass is 10.2. The topological polar surface area (TPSA) is 74.4 Å². The Bertz CT molecular complexity index is 585. The number of nitrogen functional groups attached to an aromatic ring is 1. The Balaban J connectivity index is 2.21. The molecule has 0 fully saturated rings. The predicted octanol–water partition coefficient (Wildman–Crippen LogP) is 2.96. The maximum absolute atomic E-state index is 11.3. The summed E-state index contributed by atoms with van der Waals surface area (Å²) in [4.78, 5) is 15.2. The minimum Gasteiger partial charge on any atom is -0.465 e. The van der Waals surface area contributed by atoms with Gasteiger partial charge in [0.05, 0.1) is 23.9 Å². The summed E-state index contributed by atoms with van der Waals surface area (Å²) in [5, 5.41) is 1.23. The van der Waals surface area contributed by atoms with E-state index in [4.69, 9.17) is 22.1 Å². The van der Waals surface area contributed by atoms with Gasteiger partial charge >= 0.3 is 5.97 Å². The van der Waals surface area contributed by atoms with E-state index in [-0.39, 0.29) is 10.6 Å². The Kier molecular flexibility index (Phi) is 3.69. The Hall–Kier alpha value is -1.79. The van der Waals surface area contributed by atoms with Crippen LogP contribution in [0.5, 0.6) is 10.8 Å². The standard InChI is InChI=1S/C11H9ClN2O3S/c1-16-10(15)7-3-2-6(4-8(7)12)17-9-5-14-11(13)18-9/h2-5H,1H3,(H2,13,14). The number of benzene rings is 1. The van der Waals surface area contributed by atoms with Crippen molar-refractivity contribution in [2.24, 2.45) is 0 Å². The fourth-order valence-corrected chi connectivity index (χ4v) is 2.07. The van der Waals surface area contributed by atoms with Gasteiger partial charge in [-0.2, -0.15) is 0 Å². The molecular weight excluding hydrogens is 276 g/mol. The lowest BCUT2D eigenvalue weighted by molar-refractivity contribution is 0.0601. The van der Waals surface area contributed by atoms with E-state index in [9.17, 15) is 4.79 Å². The van der Waals surface area contributed by atoms with Crippen LogP contribution in [0.1, 0.15) is 10.4 Å². The van der Waals surface area contributed by atoms with Crippen LogP contribution in [-0.4, -0.2) is 18.1 Å². The molecule has 94 valence electrons. The molecule has 0 spiro atoms. The molecule has 1 aromatic heterocycles. The van der Waals surface area contributed by atoms with Crippen molar-refractivity contribution in [3.63, 3.8) is 0 Å². The zero-order valence-corrected chi connectivity index (χ0v) is 10.9. The largest absolute Gasteiger partial charge is 0.465 e. The highest BCUT2D eigenvalue weighted by Crippen LogP contribution is 2.31. The quantitative estimate of drug-likeness (QED) is 0.877. The van der Waals surface area contributed by atoms with Gasteiger partial charge in [0.15, 0.2) is 5.13 Å². The molecule has 18 heavy (non-hydrogen) atoms.